The summed E-state index contributed by atoms with van der Waals surface area (Å²) in [7, 11) is 1.22. The normalized spacial score (nSPS) is 10.6. The maximum Gasteiger partial charge on any atom is 0.348 e. The Balaban J connectivity index is 2.18. The van der Waals surface area contributed by atoms with Gasteiger partial charge in [0.2, 0.25) is 5.13 Å². The first-order chi connectivity index (χ1) is 11.5. The van der Waals surface area contributed by atoms with Gasteiger partial charge in [0.05, 0.1) is 19.9 Å². The van der Waals surface area contributed by atoms with Gasteiger partial charge in [-0.15, -0.1) is 0 Å². The molecule has 2 aromatic rings. The minimum atomic E-state index is -0.631. The summed E-state index contributed by atoms with van der Waals surface area (Å²) in [5.41, 5.74) is 2.38. The third-order valence-electron chi connectivity index (χ3n) is 2.75. The average molecular weight is 349 g/mol. The number of phenols is 1. The SMILES string of the molecule is CCOc1cccc(/C=N/Nc2nc(=O)cc(C(=O)OC)s2)c1O. The third-order valence-corrected chi connectivity index (χ3v) is 3.63. The monoisotopic (exact) mass is 349 g/mol. The lowest BCUT2D eigenvalue weighted by atomic mass is 10.2. The number of aromatic nitrogens is 1. The van der Waals surface area contributed by atoms with Crippen LogP contribution in [-0.4, -0.2) is 36.0 Å². The van der Waals surface area contributed by atoms with Gasteiger partial charge in [-0.3, -0.25) is 10.2 Å². The summed E-state index contributed by atoms with van der Waals surface area (Å²) in [6.07, 6.45) is 1.35. The largest absolute Gasteiger partial charge is 0.504 e. The zero-order valence-electron chi connectivity index (χ0n) is 13.0. The number of hydrogen-bond donors (Lipinski definition) is 2. The molecule has 0 spiro atoms. The first kappa shape index (κ1) is 17.4. The maximum absolute atomic E-state index is 11.5. The number of benzene rings is 1. The van der Waals surface area contributed by atoms with Gasteiger partial charge in [-0.2, -0.15) is 10.1 Å². The molecule has 0 aliphatic carbocycles. The van der Waals surface area contributed by atoms with Gasteiger partial charge < -0.3 is 14.6 Å². The molecule has 0 atom stereocenters. The number of ether oxygens (including phenoxy) is 2. The fraction of sp³-hybridized carbons (Fsp3) is 0.200. The van der Waals surface area contributed by atoms with E-state index >= 15 is 0 Å². The standard InChI is InChI=1S/C15H15N3O5S/c1-3-23-10-6-4-5-9(13(10)20)8-16-18-15-17-12(19)7-11(24-15)14(21)22-2/h4-8,20H,3H2,1-2H3,(H,17,18,19)/b16-8+. The number of carbonyl (C=O) groups excluding carboxylic acids is 1. The highest BCUT2D eigenvalue weighted by Gasteiger charge is 2.10. The molecule has 0 bridgehead atoms. The van der Waals surface area contributed by atoms with Crippen molar-refractivity contribution >= 4 is 28.7 Å². The Morgan fingerprint density at radius 3 is 3.00 bits per heavy atom. The van der Waals surface area contributed by atoms with E-state index in [4.69, 9.17) is 4.74 Å². The highest BCUT2D eigenvalue weighted by molar-refractivity contribution is 7.17. The molecule has 1 aromatic carbocycles. The Hall–Kier alpha value is -2.94. The fourth-order valence-corrected chi connectivity index (χ4v) is 2.49. The molecule has 0 unspecified atom stereocenters. The number of hydrogen-bond acceptors (Lipinski definition) is 9. The van der Waals surface area contributed by atoms with Crippen molar-refractivity contribution in [2.75, 3.05) is 19.1 Å². The minimum Gasteiger partial charge on any atom is -0.504 e. The van der Waals surface area contributed by atoms with Crippen LogP contribution in [-0.2, 0) is 4.74 Å². The summed E-state index contributed by atoms with van der Waals surface area (Å²) < 4.78 is 9.84. The lowest BCUT2D eigenvalue weighted by Crippen LogP contribution is -2.10. The molecule has 2 N–H and O–H groups in total. The molecule has 0 fully saturated rings. The lowest BCUT2D eigenvalue weighted by Gasteiger charge is -2.07. The number of phenolic OH excluding ortho intramolecular Hbond substituents is 1. The van der Waals surface area contributed by atoms with Crippen LogP contribution in [0.25, 0.3) is 0 Å². The van der Waals surface area contributed by atoms with Crippen molar-refractivity contribution in [1.82, 2.24) is 4.98 Å². The van der Waals surface area contributed by atoms with E-state index in [0.717, 1.165) is 17.4 Å². The summed E-state index contributed by atoms with van der Waals surface area (Å²) in [5.74, 6) is -0.333. The molecule has 0 aliphatic rings. The molecule has 0 aliphatic heterocycles. The van der Waals surface area contributed by atoms with Crippen molar-refractivity contribution in [2.24, 2.45) is 5.10 Å². The van der Waals surface area contributed by atoms with E-state index in [1.165, 1.54) is 13.3 Å². The predicted molar refractivity (Wildman–Crippen MR) is 90.2 cm³/mol. The van der Waals surface area contributed by atoms with Gasteiger partial charge in [-0.25, -0.2) is 4.79 Å². The smallest absolute Gasteiger partial charge is 0.348 e. The highest BCUT2D eigenvalue weighted by atomic mass is 32.1. The Bertz CT molecular complexity index is 819. The lowest BCUT2D eigenvalue weighted by molar-refractivity contribution is 0.0606. The van der Waals surface area contributed by atoms with Gasteiger partial charge in [0, 0.05) is 11.6 Å². The number of para-hydroxylation sites is 1. The number of rotatable bonds is 6. The van der Waals surface area contributed by atoms with Crippen molar-refractivity contribution in [3.05, 3.63) is 45.1 Å². The van der Waals surface area contributed by atoms with Crippen molar-refractivity contribution in [1.29, 1.82) is 0 Å². The number of anilines is 1. The van der Waals surface area contributed by atoms with Crippen LogP contribution in [0.5, 0.6) is 11.5 Å². The first-order valence-corrected chi connectivity index (χ1v) is 7.71. The van der Waals surface area contributed by atoms with E-state index in [-0.39, 0.29) is 15.8 Å². The maximum atomic E-state index is 11.5. The van der Waals surface area contributed by atoms with E-state index in [0.29, 0.717) is 17.9 Å². The van der Waals surface area contributed by atoms with Crippen LogP contribution in [0.2, 0.25) is 0 Å². The van der Waals surface area contributed by atoms with E-state index in [2.05, 4.69) is 20.2 Å². The van der Waals surface area contributed by atoms with Gasteiger partial charge in [-0.05, 0) is 19.1 Å². The van der Waals surface area contributed by atoms with Crippen LogP contribution in [0.3, 0.4) is 0 Å². The summed E-state index contributed by atoms with van der Waals surface area (Å²) in [6.45, 7) is 2.23. The van der Waals surface area contributed by atoms with Crippen molar-refractivity contribution in [2.45, 2.75) is 6.92 Å². The molecule has 0 saturated carbocycles. The molecule has 0 amide bonds. The van der Waals surface area contributed by atoms with Crippen LogP contribution < -0.4 is 15.7 Å². The number of esters is 1. The molecule has 0 saturated heterocycles. The number of nitrogens with zero attached hydrogens (tertiary/aromatic N) is 2. The second-order valence-electron chi connectivity index (χ2n) is 4.35. The molecule has 0 radical (unpaired) electrons. The quantitative estimate of drug-likeness (QED) is 0.465. The Labute approximate surface area is 141 Å². The summed E-state index contributed by atoms with van der Waals surface area (Å²) in [4.78, 5) is 26.7. The Morgan fingerprint density at radius 1 is 1.50 bits per heavy atom. The molecule has 1 heterocycles. The fourth-order valence-electron chi connectivity index (χ4n) is 1.72. The van der Waals surface area contributed by atoms with Crippen molar-refractivity contribution in [3.8, 4) is 11.5 Å². The van der Waals surface area contributed by atoms with E-state index < -0.39 is 11.5 Å². The minimum absolute atomic E-state index is 0.0469. The number of carbonyl (C=O) groups is 1. The topological polar surface area (TPSA) is 110 Å². The summed E-state index contributed by atoms with van der Waals surface area (Å²) in [6, 6.07) is 6.07. The van der Waals surface area contributed by atoms with Crippen LogP contribution in [0.4, 0.5) is 5.13 Å². The molecule has 126 valence electrons. The van der Waals surface area contributed by atoms with E-state index in [1.54, 1.807) is 18.2 Å². The van der Waals surface area contributed by atoms with Crippen LogP contribution >= 0.6 is 11.3 Å². The zero-order chi connectivity index (χ0) is 17.5. The average Bonchev–Trinajstić information content (AvgIpc) is 2.57. The van der Waals surface area contributed by atoms with Crippen LogP contribution in [0.1, 0.15) is 22.2 Å². The molecule has 2 rings (SSSR count). The highest BCUT2D eigenvalue weighted by Crippen LogP contribution is 2.28. The second-order valence-corrected chi connectivity index (χ2v) is 5.39. The second kappa shape index (κ2) is 8.06. The van der Waals surface area contributed by atoms with Gasteiger partial charge in [0.25, 0.3) is 5.56 Å². The number of aromatic hydroxyl groups is 1. The number of nitrogens with one attached hydrogen (secondary N) is 1. The molecule has 1 aromatic heterocycles. The molecule has 24 heavy (non-hydrogen) atoms. The Morgan fingerprint density at radius 2 is 2.29 bits per heavy atom. The van der Waals surface area contributed by atoms with E-state index in [9.17, 15) is 14.7 Å². The van der Waals surface area contributed by atoms with Gasteiger partial charge >= 0.3 is 5.97 Å². The summed E-state index contributed by atoms with van der Waals surface area (Å²) >= 11 is 0.922. The van der Waals surface area contributed by atoms with E-state index in [1.807, 2.05) is 6.92 Å². The Kier molecular flexibility index (Phi) is 5.85. The third kappa shape index (κ3) is 4.29. The van der Waals surface area contributed by atoms with Gasteiger partial charge in [0.15, 0.2) is 11.5 Å². The van der Waals surface area contributed by atoms with Crippen molar-refractivity contribution < 1.29 is 19.4 Å². The van der Waals surface area contributed by atoms with Gasteiger partial charge in [-0.1, -0.05) is 17.4 Å². The van der Waals surface area contributed by atoms with Crippen molar-refractivity contribution in [3.63, 3.8) is 0 Å². The molecular weight excluding hydrogens is 334 g/mol. The summed E-state index contributed by atoms with van der Waals surface area (Å²) in [5, 5.41) is 14.1. The van der Waals surface area contributed by atoms with Gasteiger partial charge in [0.1, 0.15) is 4.88 Å². The zero-order valence-corrected chi connectivity index (χ0v) is 13.8. The van der Waals surface area contributed by atoms with Crippen LogP contribution in [0.15, 0.2) is 34.2 Å². The molecule has 9 heteroatoms. The molecule has 8 nitrogen and oxygen atoms in total. The number of hydrazone groups is 1. The number of methoxy groups -OCH3 is 1. The first-order valence-electron chi connectivity index (χ1n) is 6.89. The van der Waals surface area contributed by atoms with Crippen LogP contribution in [0, 0.1) is 0 Å². The predicted octanol–water partition coefficient (Wildman–Crippen LogP) is 1.84. The molecular formula is C15H15N3O5S.